The summed E-state index contributed by atoms with van der Waals surface area (Å²) < 4.78 is 33.5. The molecule has 3 aromatic carbocycles. The molecule has 0 bridgehead atoms. The van der Waals surface area contributed by atoms with Crippen LogP contribution in [0.15, 0.2) is 59.5 Å². The minimum atomic E-state index is -4.48. The van der Waals surface area contributed by atoms with Gasteiger partial charge in [0.2, 0.25) is 5.91 Å². The zero-order valence-electron chi connectivity index (χ0n) is 18.9. The monoisotopic (exact) mass is 537 g/mol. The molecule has 0 fully saturated rings. The summed E-state index contributed by atoms with van der Waals surface area (Å²) in [6.45, 7) is 2.62. The SMILES string of the molecule is COc1ccc(Cl)cc1N(CC(=O)Nc1ccc(C)c(Cl)c1)S(=O)(=O)c1ccc(C)c([N+](=O)[O-])c1. The van der Waals surface area contributed by atoms with Crippen LogP contribution in [0.25, 0.3) is 0 Å². The standard InChI is InChI=1S/C23H21Cl2N3O6S/c1-14-4-7-17(11-19(14)25)26-23(29)13-27(21-10-16(24)6-9-22(21)34-3)35(32,33)18-8-5-15(2)20(12-18)28(30)31/h4-12H,13H2,1-3H3,(H,26,29). The van der Waals surface area contributed by atoms with E-state index in [0.29, 0.717) is 10.7 Å². The van der Waals surface area contributed by atoms with Gasteiger partial charge in [-0.2, -0.15) is 0 Å². The normalized spacial score (nSPS) is 11.1. The van der Waals surface area contributed by atoms with Crippen LogP contribution < -0.4 is 14.4 Å². The number of hydrogen-bond acceptors (Lipinski definition) is 6. The molecule has 12 heteroatoms. The fourth-order valence-corrected chi connectivity index (χ4v) is 5.02. The maximum Gasteiger partial charge on any atom is 0.273 e. The van der Waals surface area contributed by atoms with Gasteiger partial charge >= 0.3 is 0 Å². The van der Waals surface area contributed by atoms with Crippen molar-refractivity contribution in [2.75, 3.05) is 23.3 Å². The maximum atomic E-state index is 13.7. The second-order valence-electron chi connectivity index (χ2n) is 7.55. The Morgan fingerprint density at radius 2 is 1.74 bits per heavy atom. The Bertz CT molecular complexity index is 1410. The number of benzene rings is 3. The summed E-state index contributed by atoms with van der Waals surface area (Å²) in [5.41, 5.74) is 1.07. The first-order valence-electron chi connectivity index (χ1n) is 10.1. The topological polar surface area (TPSA) is 119 Å². The number of rotatable bonds is 8. The van der Waals surface area contributed by atoms with Crippen molar-refractivity contribution in [3.63, 3.8) is 0 Å². The molecule has 0 spiro atoms. The second kappa shape index (κ2) is 10.5. The fourth-order valence-electron chi connectivity index (χ4n) is 3.23. The highest BCUT2D eigenvalue weighted by molar-refractivity contribution is 7.92. The summed E-state index contributed by atoms with van der Waals surface area (Å²) in [5, 5.41) is 14.6. The number of carbonyl (C=O) groups is 1. The molecule has 0 saturated heterocycles. The molecule has 35 heavy (non-hydrogen) atoms. The van der Waals surface area contributed by atoms with Crippen LogP contribution in [0.3, 0.4) is 0 Å². The van der Waals surface area contributed by atoms with E-state index in [9.17, 15) is 23.3 Å². The van der Waals surface area contributed by atoms with Crippen LogP contribution in [-0.4, -0.2) is 32.9 Å². The Morgan fingerprint density at radius 3 is 2.37 bits per heavy atom. The molecule has 0 heterocycles. The smallest absolute Gasteiger partial charge is 0.273 e. The Kier molecular flexibility index (Phi) is 7.89. The van der Waals surface area contributed by atoms with Gasteiger partial charge in [-0.15, -0.1) is 0 Å². The van der Waals surface area contributed by atoms with Gasteiger partial charge in [0.15, 0.2) is 0 Å². The van der Waals surface area contributed by atoms with Crippen molar-refractivity contribution in [1.29, 1.82) is 0 Å². The highest BCUT2D eigenvalue weighted by Gasteiger charge is 2.31. The van der Waals surface area contributed by atoms with E-state index in [-0.39, 0.29) is 32.6 Å². The first kappa shape index (κ1) is 26.3. The Morgan fingerprint density at radius 1 is 1.06 bits per heavy atom. The predicted molar refractivity (Wildman–Crippen MR) is 135 cm³/mol. The maximum absolute atomic E-state index is 13.7. The average Bonchev–Trinajstić information content (AvgIpc) is 2.79. The van der Waals surface area contributed by atoms with E-state index in [0.717, 1.165) is 15.9 Å². The van der Waals surface area contributed by atoms with Gasteiger partial charge in [0.1, 0.15) is 12.3 Å². The Balaban J connectivity index is 2.09. The molecule has 1 amide bonds. The molecular formula is C23H21Cl2N3O6S. The number of aryl methyl sites for hydroxylation is 2. The molecule has 0 atom stereocenters. The molecule has 1 N–H and O–H groups in total. The molecule has 0 aromatic heterocycles. The molecule has 9 nitrogen and oxygen atoms in total. The predicted octanol–water partition coefficient (Wildman–Crippen LogP) is 5.36. The fraction of sp³-hybridized carbons (Fsp3) is 0.174. The number of amides is 1. The van der Waals surface area contributed by atoms with Gasteiger partial charge < -0.3 is 10.1 Å². The molecule has 0 unspecified atom stereocenters. The summed E-state index contributed by atoms with van der Waals surface area (Å²) in [6.07, 6.45) is 0. The number of anilines is 2. The van der Waals surface area contributed by atoms with E-state index in [2.05, 4.69) is 5.32 Å². The zero-order chi connectivity index (χ0) is 25.9. The lowest BCUT2D eigenvalue weighted by atomic mass is 10.2. The van der Waals surface area contributed by atoms with Crippen molar-refractivity contribution < 1.29 is 22.9 Å². The number of carbonyl (C=O) groups excluding carboxylic acids is 1. The van der Waals surface area contributed by atoms with Crippen LogP contribution in [0.1, 0.15) is 11.1 Å². The zero-order valence-corrected chi connectivity index (χ0v) is 21.2. The summed E-state index contributed by atoms with van der Waals surface area (Å²) in [4.78, 5) is 23.3. The van der Waals surface area contributed by atoms with Crippen molar-refractivity contribution in [3.8, 4) is 5.75 Å². The lowest BCUT2D eigenvalue weighted by Crippen LogP contribution is -2.38. The van der Waals surface area contributed by atoms with Crippen LogP contribution in [0.4, 0.5) is 17.1 Å². The van der Waals surface area contributed by atoms with Gasteiger partial charge in [-0.25, -0.2) is 8.42 Å². The van der Waals surface area contributed by atoms with E-state index in [1.807, 2.05) is 0 Å². The number of methoxy groups -OCH3 is 1. The highest BCUT2D eigenvalue weighted by atomic mass is 35.5. The Hall–Kier alpha value is -3.34. The molecule has 0 aliphatic carbocycles. The van der Waals surface area contributed by atoms with Gasteiger partial charge in [0.05, 0.1) is 22.6 Å². The van der Waals surface area contributed by atoms with E-state index in [1.54, 1.807) is 19.1 Å². The molecule has 3 rings (SSSR count). The first-order valence-corrected chi connectivity index (χ1v) is 12.3. The van der Waals surface area contributed by atoms with E-state index in [1.165, 1.54) is 50.4 Å². The van der Waals surface area contributed by atoms with Crippen molar-refractivity contribution in [2.24, 2.45) is 0 Å². The molecular weight excluding hydrogens is 517 g/mol. The third kappa shape index (κ3) is 5.84. The summed E-state index contributed by atoms with van der Waals surface area (Å²) in [7, 11) is -3.14. The molecule has 0 radical (unpaired) electrons. The van der Waals surface area contributed by atoms with E-state index >= 15 is 0 Å². The number of nitro benzene ring substituents is 1. The molecule has 3 aromatic rings. The van der Waals surface area contributed by atoms with E-state index in [4.69, 9.17) is 27.9 Å². The average molecular weight is 538 g/mol. The molecule has 0 aliphatic heterocycles. The molecule has 0 aliphatic rings. The van der Waals surface area contributed by atoms with Crippen LogP contribution in [-0.2, 0) is 14.8 Å². The third-order valence-corrected chi connectivity index (χ3v) is 7.52. The van der Waals surface area contributed by atoms with Crippen LogP contribution >= 0.6 is 23.2 Å². The van der Waals surface area contributed by atoms with Gasteiger partial charge in [-0.05, 0) is 55.8 Å². The number of nitrogens with zero attached hydrogens (tertiary/aromatic N) is 2. The summed E-state index contributed by atoms with van der Waals surface area (Å²) in [6, 6.07) is 12.7. The number of halogens is 2. The van der Waals surface area contributed by atoms with Gasteiger partial charge in [-0.1, -0.05) is 35.3 Å². The number of nitrogens with one attached hydrogen (secondary N) is 1. The second-order valence-corrected chi connectivity index (χ2v) is 10.3. The number of sulfonamides is 1. The minimum Gasteiger partial charge on any atom is -0.495 e. The van der Waals surface area contributed by atoms with Crippen LogP contribution in [0, 0.1) is 24.0 Å². The number of ether oxygens (including phenoxy) is 1. The largest absolute Gasteiger partial charge is 0.495 e. The van der Waals surface area contributed by atoms with Gasteiger partial charge in [0, 0.05) is 27.4 Å². The third-order valence-electron chi connectivity index (χ3n) is 5.12. The lowest BCUT2D eigenvalue weighted by Gasteiger charge is -2.26. The van der Waals surface area contributed by atoms with Crippen molar-refractivity contribution in [3.05, 3.63) is 85.9 Å². The highest BCUT2D eigenvalue weighted by Crippen LogP contribution is 2.36. The summed E-state index contributed by atoms with van der Waals surface area (Å²) >= 11 is 12.2. The number of hydrogen-bond donors (Lipinski definition) is 1. The Labute approximate surface area is 212 Å². The van der Waals surface area contributed by atoms with Crippen molar-refractivity contribution in [1.82, 2.24) is 0 Å². The van der Waals surface area contributed by atoms with Crippen LogP contribution in [0.5, 0.6) is 5.75 Å². The minimum absolute atomic E-state index is 0.0136. The molecule has 184 valence electrons. The van der Waals surface area contributed by atoms with Gasteiger partial charge in [0.25, 0.3) is 15.7 Å². The van der Waals surface area contributed by atoms with Gasteiger partial charge in [-0.3, -0.25) is 19.2 Å². The van der Waals surface area contributed by atoms with Crippen LogP contribution in [0.2, 0.25) is 10.0 Å². The quantitative estimate of drug-likeness (QED) is 0.305. The number of nitro groups is 1. The van der Waals surface area contributed by atoms with Crippen molar-refractivity contribution in [2.45, 2.75) is 18.7 Å². The van der Waals surface area contributed by atoms with E-state index < -0.39 is 27.4 Å². The lowest BCUT2D eigenvalue weighted by molar-refractivity contribution is -0.385. The van der Waals surface area contributed by atoms with Crippen molar-refractivity contribution >= 4 is 56.2 Å². The first-order chi connectivity index (χ1) is 16.4. The summed E-state index contributed by atoms with van der Waals surface area (Å²) in [5.74, 6) is -0.553. The molecule has 0 saturated carbocycles.